The van der Waals surface area contributed by atoms with Crippen LogP contribution in [0.3, 0.4) is 0 Å². The molecule has 30 heavy (non-hydrogen) atoms. The van der Waals surface area contributed by atoms with E-state index in [4.69, 9.17) is 4.99 Å². The highest BCUT2D eigenvalue weighted by atomic mass is 127. The van der Waals surface area contributed by atoms with Gasteiger partial charge in [-0.3, -0.25) is 0 Å². The van der Waals surface area contributed by atoms with E-state index in [1.807, 2.05) is 12.5 Å². The van der Waals surface area contributed by atoms with Crippen LogP contribution < -0.4 is 10.2 Å². The summed E-state index contributed by atoms with van der Waals surface area (Å²) in [5, 5.41) is 3.52. The number of benzene rings is 1. The second kappa shape index (κ2) is 10.5. The largest absolute Gasteiger partial charge is 0.374 e. The van der Waals surface area contributed by atoms with E-state index in [1.54, 1.807) is 0 Å². The van der Waals surface area contributed by atoms with E-state index in [0.29, 0.717) is 12.0 Å². The first-order chi connectivity index (χ1) is 14.2. The number of aliphatic imine (C=N–C) groups is 1. The van der Waals surface area contributed by atoms with Gasteiger partial charge in [0, 0.05) is 51.3 Å². The summed E-state index contributed by atoms with van der Waals surface area (Å²) in [7, 11) is 2.19. The van der Waals surface area contributed by atoms with Gasteiger partial charge in [-0.05, 0) is 49.3 Å². The third-order valence-corrected chi connectivity index (χ3v) is 6.37. The molecule has 0 aliphatic carbocycles. The zero-order valence-electron chi connectivity index (χ0n) is 18.4. The van der Waals surface area contributed by atoms with Gasteiger partial charge in [-0.1, -0.05) is 19.1 Å². The van der Waals surface area contributed by atoms with Crippen molar-refractivity contribution in [2.75, 3.05) is 38.1 Å². The second-order valence-electron chi connectivity index (χ2n) is 8.45. The number of hydrogen-bond acceptors (Lipinski definition) is 3. The van der Waals surface area contributed by atoms with Crippen molar-refractivity contribution in [3.63, 3.8) is 0 Å². The van der Waals surface area contributed by atoms with Gasteiger partial charge in [0.15, 0.2) is 5.96 Å². The Hall–Kier alpha value is -1.77. The van der Waals surface area contributed by atoms with Crippen molar-refractivity contribution in [3.05, 3.63) is 48.0 Å². The summed E-state index contributed by atoms with van der Waals surface area (Å²) in [5.41, 5.74) is 4.14. The number of aromatic nitrogens is 2. The van der Waals surface area contributed by atoms with Gasteiger partial charge in [-0.2, -0.15) is 0 Å². The van der Waals surface area contributed by atoms with E-state index in [-0.39, 0.29) is 24.0 Å². The summed E-state index contributed by atoms with van der Waals surface area (Å²) in [6.45, 7) is 9.27. The first-order valence-corrected chi connectivity index (χ1v) is 11.0. The first-order valence-electron chi connectivity index (χ1n) is 11.0. The zero-order chi connectivity index (χ0) is 20.2. The standard InChI is InChI=1S/C23H34N6.HI/c1-4-25-23(28-12-9-18(2)22(16-28)29-13-10-24-17-29)26-15-19-7-8-21-20(14-19)6-5-11-27(21)3;/h7-8,10,13-14,17-18,22H,4-6,9,11-12,15-16H2,1-3H3,(H,25,26);1H. The van der Waals surface area contributed by atoms with Crippen LogP contribution in [0.2, 0.25) is 0 Å². The number of aryl methyl sites for hydroxylation is 1. The lowest BCUT2D eigenvalue weighted by Gasteiger charge is -2.39. The molecule has 2 aromatic rings. The van der Waals surface area contributed by atoms with E-state index in [2.05, 4.69) is 70.0 Å². The maximum Gasteiger partial charge on any atom is 0.194 e. The fourth-order valence-corrected chi connectivity index (χ4v) is 4.62. The van der Waals surface area contributed by atoms with E-state index >= 15 is 0 Å². The zero-order valence-corrected chi connectivity index (χ0v) is 20.8. The Morgan fingerprint density at radius 1 is 1.30 bits per heavy atom. The van der Waals surface area contributed by atoms with Crippen molar-refractivity contribution in [3.8, 4) is 0 Å². The lowest BCUT2D eigenvalue weighted by Crippen LogP contribution is -2.49. The number of halogens is 1. The molecule has 2 atom stereocenters. The fraction of sp³-hybridized carbons (Fsp3) is 0.565. The van der Waals surface area contributed by atoms with E-state index in [0.717, 1.165) is 38.7 Å². The van der Waals surface area contributed by atoms with E-state index < -0.39 is 0 Å². The molecular weight excluding hydrogens is 487 g/mol. The summed E-state index contributed by atoms with van der Waals surface area (Å²) in [6, 6.07) is 7.30. The first kappa shape index (κ1) is 22.9. The Morgan fingerprint density at radius 2 is 2.17 bits per heavy atom. The van der Waals surface area contributed by atoms with Crippen LogP contribution in [0.4, 0.5) is 5.69 Å². The molecule has 2 unspecified atom stereocenters. The lowest BCUT2D eigenvalue weighted by atomic mass is 9.93. The third-order valence-electron chi connectivity index (χ3n) is 6.37. The van der Waals surface area contributed by atoms with Crippen molar-refractivity contribution in [2.24, 2.45) is 10.9 Å². The summed E-state index contributed by atoms with van der Waals surface area (Å²) in [6.07, 6.45) is 9.48. The van der Waals surface area contributed by atoms with Gasteiger partial charge in [0.2, 0.25) is 0 Å². The number of rotatable bonds is 4. The predicted molar refractivity (Wildman–Crippen MR) is 135 cm³/mol. The molecule has 2 aliphatic rings. The van der Waals surface area contributed by atoms with Crippen molar-refractivity contribution in [1.82, 2.24) is 19.8 Å². The maximum absolute atomic E-state index is 5.01. The molecule has 7 heteroatoms. The Morgan fingerprint density at radius 3 is 2.93 bits per heavy atom. The number of likely N-dealkylation sites (tertiary alicyclic amines) is 1. The van der Waals surface area contributed by atoms with Crippen molar-refractivity contribution in [1.29, 1.82) is 0 Å². The van der Waals surface area contributed by atoms with Crippen LogP contribution in [0, 0.1) is 5.92 Å². The number of nitrogens with one attached hydrogen (secondary N) is 1. The minimum Gasteiger partial charge on any atom is -0.374 e. The Bertz CT molecular complexity index is 834. The molecule has 3 heterocycles. The van der Waals surface area contributed by atoms with Crippen molar-refractivity contribution in [2.45, 2.75) is 45.7 Å². The SMILES string of the molecule is CCNC(=NCc1ccc2c(c1)CCCN2C)N1CCC(C)C(n2ccnc2)C1.I. The minimum atomic E-state index is 0. The molecule has 0 radical (unpaired) electrons. The molecule has 1 aromatic heterocycles. The monoisotopic (exact) mass is 522 g/mol. The van der Waals surface area contributed by atoms with E-state index in [1.165, 1.54) is 36.1 Å². The highest BCUT2D eigenvalue weighted by Gasteiger charge is 2.28. The highest BCUT2D eigenvalue weighted by molar-refractivity contribution is 14.0. The molecule has 164 valence electrons. The van der Waals surface area contributed by atoms with Gasteiger partial charge in [-0.15, -0.1) is 24.0 Å². The second-order valence-corrected chi connectivity index (χ2v) is 8.45. The van der Waals surface area contributed by atoms with Crippen LogP contribution in [0.5, 0.6) is 0 Å². The smallest absolute Gasteiger partial charge is 0.194 e. The summed E-state index contributed by atoms with van der Waals surface area (Å²) < 4.78 is 2.25. The third kappa shape index (κ3) is 5.10. The fourth-order valence-electron chi connectivity index (χ4n) is 4.62. The Balaban J connectivity index is 0.00000256. The van der Waals surface area contributed by atoms with Gasteiger partial charge in [0.25, 0.3) is 0 Å². The van der Waals surface area contributed by atoms with Gasteiger partial charge < -0.3 is 19.7 Å². The van der Waals surface area contributed by atoms with Crippen LogP contribution in [0.15, 0.2) is 41.9 Å². The topological polar surface area (TPSA) is 48.7 Å². The number of imidazole rings is 1. The molecular formula is C23H35IN6. The molecule has 1 aromatic carbocycles. The maximum atomic E-state index is 5.01. The molecule has 1 fully saturated rings. The average Bonchev–Trinajstić information content (AvgIpc) is 3.26. The van der Waals surface area contributed by atoms with Crippen molar-refractivity contribution >= 4 is 35.6 Å². The van der Waals surface area contributed by atoms with Crippen LogP contribution in [0.1, 0.15) is 43.9 Å². The molecule has 6 nitrogen and oxygen atoms in total. The molecule has 0 saturated carbocycles. The summed E-state index contributed by atoms with van der Waals surface area (Å²) in [5.74, 6) is 1.67. The van der Waals surface area contributed by atoms with E-state index in [9.17, 15) is 0 Å². The van der Waals surface area contributed by atoms with Crippen LogP contribution in [-0.4, -0.2) is 53.6 Å². The molecule has 1 N–H and O–H groups in total. The minimum absolute atomic E-state index is 0. The average molecular weight is 522 g/mol. The molecule has 0 spiro atoms. The van der Waals surface area contributed by atoms with Gasteiger partial charge in [-0.25, -0.2) is 9.98 Å². The number of fused-ring (bicyclic) bond motifs is 1. The number of piperidine rings is 1. The Labute approximate surface area is 197 Å². The number of anilines is 1. The van der Waals surface area contributed by atoms with Crippen LogP contribution >= 0.6 is 24.0 Å². The molecule has 0 amide bonds. The number of nitrogens with zero attached hydrogens (tertiary/aromatic N) is 5. The van der Waals surface area contributed by atoms with Gasteiger partial charge in [0.1, 0.15) is 0 Å². The number of hydrogen-bond donors (Lipinski definition) is 1. The molecule has 1 saturated heterocycles. The van der Waals surface area contributed by atoms with Gasteiger partial charge in [0.05, 0.1) is 18.9 Å². The molecule has 2 aliphatic heterocycles. The summed E-state index contributed by atoms with van der Waals surface area (Å²) >= 11 is 0. The summed E-state index contributed by atoms with van der Waals surface area (Å²) in [4.78, 5) is 14.0. The van der Waals surface area contributed by atoms with Crippen LogP contribution in [0.25, 0.3) is 0 Å². The molecule has 4 rings (SSSR count). The lowest BCUT2D eigenvalue weighted by molar-refractivity contribution is 0.189. The van der Waals surface area contributed by atoms with Crippen LogP contribution in [-0.2, 0) is 13.0 Å². The van der Waals surface area contributed by atoms with Crippen molar-refractivity contribution < 1.29 is 0 Å². The predicted octanol–water partition coefficient (Wildman–Crippen LogP) is 3.93. The van der Waals surface area contributed by atoms with Gasteiger partial charge >= 0.3 is 0 Å². The normalized spacial score (nSPS) is 21.8. The quantitative estimate of drug-likeness (QED) is 0.376. The molecule has 0 bridgehead atoms. The number of guanidine groups is 1. The highest BCUT2D eigenvalue weighted by Crippen LogP contribution is 2.28. The Kier molecular flexibility index (Phi) is 8.02.